The van der Waals surface area contributed by atoms with E-state index in [9.17, 15) is 4.79 Å². The summed E-state index contributed by atoms with van der Waals surface area (Å²) in [4.78, 5) is 20.8. The lowest BCUT2D eigenvalue weighted by Crippen LogP contribution is -2.43. The fourth-order valence-corrected chi connectivity index (χ4v) is 2.73. The molecule has 0 saturated carbocycles. The molecule has 7 nitrogen and oxygen atoms in total. The van der Waals surface area contributed by atoms with Gasteiger partial charge in [-0.05, 0) is 25.5 Å². The summed E-state index contributed by atoms with van der Waals surface area (Å²) in [5, 5.41) is 5.81. The molecule has 122 valence electrons. The lowest BCUT2D eigenvalue weighted by Gasteiger charge is -2.19. The summed E-state index contributed by atoms with van der Waals surface area (Å²) in [7, 11) is 1.92. The topological polar surface area (TPSA) is 81.1 Å². The molecule has 2 atom stereocenters. The van der Waals surface area contributed by atoms with Gasteiger partial charge in [0.05, 0.1) is 18.3 Å². The average molecular weight is 315 g/mol. The van der Waals surface area contributed by atoms with Gasteiger partial charge in [0.1, 0.15) is 11.9 Å². The van der Waals surface area contributed by atoms with Gasteiger partial charge in [-0.2, -0.15) is 0 Å². The second kappa shape index (κ2) is 6.78. The van der Waals surface area contributed by atoms with Crippen LogP contribution >= 0.6 is 0 Å². The Morgan fingerprint density at radius 1 is 1.48 bits per heavy atom. The van der Waals surface area contributed by atoms with E-state index in [4.69, 9.17) is 4.74 Å². The van der Waals surface area contributed by atoms with Crippen molar-refractivity contribution in [3.63, 3.8) is 0 Å². The van der Waals surface area contributed by atoms with Gasteiger partial charge in [-0.25, -0.2) is 9.78 Å². The molecule has 3 heterocycles. The maximum Gasteiger partial charge on any atom is 0.315 e. The molecule has 0 spiro atoms. The number of aromatic nitrogens is 3. The van der Waals surface area contributed by atoms with Gasteiger partial charge in [-0.15, -0.1) is 0 Å². The van der Waals surface area contributed by atoms with Crippen LogP contribution in [0.2, 0.25) is 0 Å². The zero-order valence-electron chi connectivity index (χ0n) is 13.3. The second-order valence-electron chi connectivity index (χ2n) is 5.68. The number of nitrogens with one attached hydrogen (secondary N) is 2. The number of nitrogens with zero attached hydrogens (tertiary/aromatic N) is 3. The minimum Gasteiger partial charge on any atom is -0.368 e. The molecule has 2 aromatic rings. The largest absolute Gasteiger partial charge is 0.368 e. The molecule has 1 saturated heterocycles. The quantitative estimate of drug-likeness (QED) is 0.895. The number of pyridine rings is 1. The minimum absolute atomic E-state index is 0.0819. The number of hydrogen-bond donors (Lipinski definition) is 2. The van der Waals surface area contributed by atoms with Crippen molar-refractivity contribution in [2.45, 2.75) is 32.0 Å². The van der Waals surface area contributed by atoms with E-state index in [1.165, 1.54) is 0 Å². The zero-order valence-corrected chi connectivity index (χ0v) is 13.3. The van der Waals surface area contributed by atoms with Gasteiger partial charge >= 0.3 is 6.03 Å². The Labute approximate surface area is 135 Å². The highest BCUT2D eigenvalue weighted by Crippen LogP contribution is 2.27. The number of carbonyl (C=O) groups excluding carboxylic acids is 1. The fraction of sp³-hybridized carbons (Fsp3) is 0.438. The van der Waals surface area contributed by atoms with E-state index in [-0.39, 0.29) is 18.2 Å². The number of ether oxygens (including phenoxy) is 1. The van der Waals surface area contributed by atoms with E-state index in [1.807, 2.05) is 42.9 Å². The first-order valence-electron chi connectivity index (χ1n) is 7.69. The molecule has 0 radical (unpaired) electrons. The fourth-order valence-electron chi connectivity index (χ4n) is 2.73. The summed E-state index contributed by atoms with van der Waals surface area (Å²) in [6.45, 7) is 2.94. The Morgan fingerprint density at radius 3 is 3.09 bits per heavy atom. The first kappa shape index (κ1) is 15.5. The SMILES string of the molecule is Cc1cccc(CNC(=O)N[C@H]2CCO[C@@H]2c2nccn2C)n1. The van der Waals surface area contributed by atoms with E-state index in [2.05, 4.69) is 20.6 Å². The van der Waals surface area contributed by atoms with Crippen LogP contribution in [0.3, 0.4) is 0 Å². The lowest BCUT2D eigenvalue weighted by molar-refractivity contribution is 0.0908. The molecule has 1 fully saturated rings. The number of aryl methyl sites for hydroxylation is 2. The Hall–Kier alpha value is -2.41. The van der Waals surface area contributed by atoms with Gasteiger partial charge in [0, 0.05) is 31.7 Å². The highest BCUT2D eigenvalue weighted by atomic mass is 16.5. The van der Waals surface area contributed by atoms with Crippen LogP contribution in [0.1, 0.15) is 29.7 Å². The van der Waals surface area contributed by atoms with Crippen molar-refractivity contribution in [2.24, 2.45) is 7.05 Å². The van der Waals surface area contributed by atoms with Crippen molar-refractivity contribution in [1.82, 2.24) is 25.2 Å². The van der Waals surface area contributed by atoms with Crippen molar-refractivity contribution < 1.29 is 9.53 Å². The smallest absolute Gasteiger partial charge is 0.315 e. The molecular formula is C16H21N5O2. The van der Waals surface area contributed by atoms with Crippen LogP contribution in [-0.4, -0.2) is 33.2 Å². The Bertz CT molecular complexity index is 685. The molecule has 3 rings (SSSR count). The zero-order chi connectivity index (χ0) is 16.2. The van der Waals surface area contributed by atoms with Crippen LogP contribution in [0.15, 0.2) is 30.6 Å². The van der Waals surface area contributed by atoms with E-state index in [0.717, 1.165) is 23.6 Å². The summed E-state index contributed by atoms with van der Waals surface area (Å²) < 4.78 is 7.65. The maximum absolute atomic E-state index is 12.1. The highest BCUT2D eigenvalue weighted by molar-refractivity contribution is 5.74. The molecular weight excluding hydrogens is 294 g/mol. The van der Waals surface area contributed by atoms with Gasteiger partial charge < -0.3 is 19.9 Å². The van der Waals surface area contributed by atoms with Gasteiger partial charge in [0.2, 0.25) is 0 Å². The van der Waals surface area contributed by atoms with Crippen LogP contribution in [0.25, 0.3) is 0 Å². The highest BCUT2D eigenvalue weighted by Gasteiger charge is 2.33. The summed E-state index contributed by atoms with van der Waals surface area (Å²) >= 11 is 0. The van der Waals surface area contributed by atoms with Gasteiger partial charge in [-0.1, -0.05) is 6.07 Å². The number of carbonyl (C=O) groups is 1. The number of hydrogen-bond acceptors (Lipinski definition) is 4. The Morgan fingerprint density at radius 2 is 2.35 bits per heavy atom. The van der Waals surface area contributed by atoms with Crippen LogP contribution < -0.4 is 10.6 Å². The van der Waals surface area contributed by atoms with Crippen LogP contribution in [0.5, 0.6) is 0 Å². The standard InChI is InChI=1S/C16H21N5O2/c1-11-4-3-5-12(19-11)10-18-16(22)20-13-6-9-23-14(13)15-17-7-8-21(15)2/h3-5,7-8,13-14H,6,9-10H2,1-2H3,(H2,18,20,22)/t13-,14-/m0/s1. The molecule has 2 aromatic heterocycles. The first-order chi connectivity index (χ1) is 11.1. The third-order valence-electron chi connectivity index (χ3n) is 3.90. The molecule has 0 aromatic carbocycles. The third-order valence-corrected chi connectivity index (χ3v) is 3.90. The molecule has 2 N–H and O–H groups in total. The number of amides is 2. The molecule has 1 aliphatic rings. The van der Waals surface area contributed by atoms with Crippen LogP contribution in [-0.2, 0) is 18.3 Å². The van der Waals surface area contributed by atoms with Gasteiger partial charge in [0.15, 0.2) is 0 Å². The predicted molar refractivity (Wildman–Crippen MR) is 84.7 cm³/mol. The average Bonchev–Trinajstić information content (AvgIpc) is 3.14. The summed E-state index contributed by atoms with van der Waals surface area (Å²) in [6, 6.07) is 5.45. The molecule has 7 heteroatoms. The Kier molecular flexibility index (Phi) is 4.57. The van der Waals surface area contributed by atoms with Crippen molar-refractivity contribution in [2.75, 3.05) is 6.61 Å². The summed E-state index contributed by atoms with van der Waals surface area (Å²) in [6.07, 6.45) is 4.17. The second-order valence-corrected chi connectivity index (χ2v) is 5.68. The molecule has 0 aliphatic carbocycles. The molecule has 23 heavy (non-hydrogen) atoms. The summed E-state index contributed by atoms with van der Waals surface area (Å²) in [5.74, 6) is 0.827. The van der Waals surface area contributed by atoms with Crippen LogP contribution in [0.4, 0.5) is 4.79 Å². The van der Waals surface area contributed by atoms with E-state index >= 15 is 0 Å². The van der Waals surface area contributed by atoms with Crippen molar-refractivity contribution in [1.29, 1.82) is 0 Å². The first-order valence-corrected chi connectivity index (χ1v) is 7.69. The summed E-state index contributed by atoms with van der Waals surface area (Å²) in [5.41, 5.74) is 1.77. The monoisotopic (exact) mass is 315 g/mol. The van der Waals surface area contributed by atoms with E-state index in [1.54, 1.807) is 6.20 Å². The molecule has 0 unspecified atom stereocenters. The number of urea groups is 1. The number of rotatable bonds is 4. The van der Waals surface area contributed by atoms with Gasteiger partial charge in [-0.3, -0.25) is 4.98 Å². The molecule has 1 aliphatic heterocycles. The van der Waals surface area contributed by atoms with E-state index < -0.39 is 0 Å². The minimum atomic E-state index is -0.219. The van der Waals surface area contributed by atoms with Crippen molar-refractivity contribution in [3.8, 4) is 0 Å². The molecule has 2 amide bonds. The maximum atomic E-state index is 12.1. The predicted octanol–water partition coefficient (Wildman–Crippen LogP) is 1.45. The van der Waals surface area contributed by atoms with Gasteiger partial charge in [0.25, 0.3) is 0 Å². The molecule has 0 bridgehead atoms. The van der Waals surface area contributed by atoms with E-state index in [0.29, 0.717) is 13.2 Å². The van der Waals surface area contributed by atoms with Crippen molar-refractivity contribution in [3.05, 3.63) is 47.8 Å². The Balaban J connectivity index is 1.56. The number of imidazole rings is 1. The third kappa shape index (κ3) is 3.68. The van der Waals surface area contributed by atoms with Crippen molar-refractivity contribution >= 4 is 6.03 Å². The van der Waals surface area contributed by atoms with Crippen LogP contribution in [0, 0.1) is 6.92 Å². The normalized spacial score (nSPS) is 20.4. The lowest BCUT2D eigenvalue weighted by atomic mass is 10.1.